The van der Waals surface area contributed by atoms with Gasteiger partial charge in [-0.2, -0.15) is 0 Å². The summed E-state index contributed by atoms with van der Waals surface area (Å²) in [5.41, 5.74) is 19.8. The van der Waals surface area contributed by atoms with Gasteiger partial charge < -0.3 is 9.80 Å². The number of nitrogens with zero attached hydrogens (tertiary/aromatic N) is 2. The Morgan fingerprint density at radius 3 is 1.16 bits per heavy atom. The Morgan fingerprint density at radius 2 is 0.768 bits per heavy atom. The van der Waals surface area contributed by atoms with Crippen molar-refractivity contribution in [3.05, 3.63) is 239 Å². The first-order valence-corrected chi connectivity index (χ1v) is 25.6. The van der Waals surface area contributed by atoms with Crippen molar-refractivity contribution in [2.45, 2.75) is 104 Å². The van der Waals surface area contributed by atoms with Crippen LogP contribution in [0.4, 0.5) is 22.7 Å². The highest BCUT2D eigenvalue weighted by atomic mass is 15.1. The number of rotatable bonds is 19. The van der Waals surface area contributed by atoms with Crippen molar-refractivity contribution in [1.29, 1.82) is 0 Å². The van der Waals surface area contributed by atoms with Gasteiger partial charge in [0, 0.05) is 47.7 Å². The van der Waals surface area contributed by atoms with Crippen LogP contribution >= 0.6 is 0 Å². The van der Waals surface area contributed by atoms with Crippen LogP contribution in [0.15, 0.2) is 194 Å². The van der Waals surface area contributed by atoms with Crippen LogP contribution in [-0.2, 0) is 23.7 Å². The molecule has 0 amide bonds. The topological polar surface area (TPSA) is 6.48 Å². The SMILES string of the molecule is CCCCc1ccc(-c2cccc(N(C)c3ccc(C(C)(C)c4ccc(C(CC(C)C)(c5ccc(C)cc5)c5ccc(N(C)c6cccc(-c7ccc(CCCC)cc7)c6)cc5)cc4)cc3)c2)cc1. The molecule has 69 heavy (non-hydrogen) atoms. The van der Waals surface area contributed by atoms with Gasteiger partial charge >= 0.3 is 0 Å². The van der Waals surface area contributed by atoms with E-state index in [1.165, 1.54) is 115 Å². The molecule has 0 radical (unpaired) electrons. The van der Waals surface area contributed by atoms with E-state index in [4.69, 9.17) is 0 Å². The van der Waals surface area contributed by atoms with Gasteiger partial charge in [0.1, 0.15) is 0 Å². The van der Waals surface area contributed by atoms with Gasteiger partial charge in [-0.05, 0) is 155 Å². The van der Waals surface area contributed by atoms with Crippen LogP contribution in [0.5, 0.6) is 0 Å². The smallest absolute Gasteiger partial charge is 0.0453 e. The van der Waals surface area contributed by atoms with Crippen LogP contribution in [0, 0.1) is 12.8 Å². The molecule has 8 rings (SSSR count). The maximum absolute atomic E-state index is 2.41. The molecule has 2 heteroatoms. The van der Waals surface area contributed by atoms with Crippen molar-refractivity contribution in [3.8, 4) is 22.3 Å². The number of hydrogen-bond donors (Lipinski definition) is 0. The minimum Gasteiger partial charge on any atom is -0.345 e. The van der Waals surface area contributed by atoms with Gasteiger partial charge in [-0.3, -0.25) is 0 Å². The molecule has 1 unspecified atom stereocenters. The third-order valence-corrected chi connectivity index (χ3v) is 14.8. The van der Waals surface area contributed by atoms with E-state index in [2.05, 4.69) is 266 Å². The number of aryl methyl sites for hydroxylation is 3. The van der Waals surface area contributed by atoms with Crippen LogP contribution in [0.1, 0.15) is 118 Å². The van der Waals surface area contributed by atoms with Gasteiger partial charge in [0.2, 0.25) is 0 Å². The molecular formula is C67H74N2. The highest BCUT2D eigenvalue weighted by Gasteiger charge is 2.37. The number of hydrogen-bond acceptors (Lipinski definition) is 2. The highest BCUT2D eigenvalue weighted by molar-refractivity contribution is 5.74. The quantitative estimate of drug-likeness (QED) is 0.0746. The van der Waals surface area contributed by atoms with Gasteiger partial charge in [0.15, 0.2) is 0 Å². The lowest BCUT2D eigenvalue weighted by molar-refractivity contribution is 0.453. The lowest BCUT2D eigenvalue weighted by atomic mass is 9.64. The van der Waals surface area contributed by atoms with E-state index < -0.39 is 0 Å². The number of anilines is 4. The molecule has 0 saturated heterocycles. The fraction of sp³-hybridized carbons (Fsp3) is 0.284. The van der Waals surface area contributed by atoms with Crippen LogP contribution in [0.25, 0.3) is 22.3 Å². The molecular weight excluding hydrogens is 833 g/mol. The number of unbranched alkanes of at least 4 members (excludes halogenated alkanes) is 2. The molecule has 0 bridgehead atoms. The summed E-state index contributed by atoms with van der Waals surface area (Å²) in [6.45, 7) is 16.1. The molecule has 1 atom stereocenters. The van der Waals surface area contributed by atoms with Crippen LogP contribution in [0.3, 0.4) is 0 Å². The maximum Gasteiger partial charge on any atom is 0.0453 e. The van der Waals surface area contributed by atoms with Crippen LogP contribution in [0.2, 0.25) is 0 Å². The first-order chi connectivity index (χ1) is 33.4. The van der Waals surface area contributed by atoms with Crippen molar-refractivity contribution in [3.63, 3.8) is 0 Å². The first-order valence-electron chi connectivity index (χ1n) is 25.6. The van der Waals surface area contributed by atoms with Crippen molar-refractivity contribution >= 4 is 22.7 Å². The van der Waals surface area contributed by atoms with Gasteiger partial charge in [-0.15, -0.1) is 0 Å². The third kappa shape index (κ3) is 11.0. The van der Waals surface area contributed by atoms with Crippen LogP contribution in [-0.4, -0.2) is 14.1 Å². The zero-order chi connectivity index (χ0) is 48.5. The van der Waals surface area contributed by atoms with E-state index >= 15 is 0 Å². The summed E-state index contributed by atoms with van der Waals surface area (Å²) in [5.74, 6) is 0.453. The lowest BCUT2D eigenvalue weighted by Gasteiger charge is -2.38. The minimum absolute atomic E-state index is 0.203. The lowest BCUT2D eigenvalue weighted by Crippen LogP contribution is -2.31. The molecule has 0 aliphatic carbocycles. The van der Waals surface area contributed by atoms with Crippen molar-refractivity contribution in [2.75, 3.05) is 23.9 Å². The molecule has 2 nitrogen and oxygen atoms in total. The Kier molecular flexibility index (Phi) is 15.4. The Balaban J connectivity index is 1.05. The summed E-state index contributed by atoms with van der Waals surface area (Å²) < 4.78 is 0. The third-order valence-electron chi connectivity index (χ3n) is 14.8. The van der Waals surface area contributed by atoms with Gasteiger partial charge in [0.05, 0.1) is 0 Å². The normalized spacial score (nSPS) is 12.5. The zero-order valence-corrected chi connectivity index (χ0v) is 42.9. The molecule has 0 N–H and O–H groups in total. The standard InChI is InChI=1S/C67H74N2/c1-10-12-16-51-24-28-53(29-25-51)55-18-14-20-64(46-55)68(8)62-42-38-58(39-43-62)66(6,7)57-34-36-60(37-35-57)67(48-49(3)4,59-32-22-50(5)23-33-59)61-40-44-63(45-41-61)69(9)65-21-15-19-56(47-65)54-30-26-52(27-31-54)17-13-11-2/h14-15,18-47,49H,10-13,16-17,48H2,1-9H3. The van der Waals surface area contributed by atoms with E-state index in [1.807, 2.05) is 0 Å². The monoisotopic (exact) mass is 907 g/mol. The zero-order valence-electron chi connectivity index (χ0n) is 42.9. The van der Waals surface area contributed by atoms with Crippen LogP contribution < -0.4 is 9.80 Å². The average molecular weight is 907 g/mol. The molecule has 0 fully saturated rings. The predicted octanol–water partition coefficient (Wildman–Crippen LogP) is 18.3. The molecule has 352 valence electrons. The Labute approximate surface area is 415 Å². The van der Waals surface area contributed by atoms with Crippen molar-refractivity contribution in [1.82, 2.24) is 0 Å². The van der Waals surface area contributed by atoms with Gasteiger partial charge in [-0.1, -0.05) is 206 Å². The van der Waals surface area contributed by atoms with E-state index in [1.54, 1.807) is 0 Å². The van der Waals surface area contributed by atoms with E-state index in [-0.39, 0.29) is 10.8 Å². The summed E-state index contributed by atoms with van der Waals surface area (Å²) in [6, 6.07) is 73.5. The summed E-state index contributed by atoms with van der Waals surface area (Å²) in [4.78, 5) is 4.61. The summed E-state index contributed by atoms with van der Waals surface area (Å²) in [7, 11) is 4.35. The average Bonchev–Trinajstić information content (AvgIpc) is 3.39. The van der Waals surface area contributed by atoms with E-state index in [0.29, 0.717) is 5.92 Å². The minimum atomic E-state index is -0.341. The maximum atomic E-state index is 2.41. The summed E-state index contributed by atoms with van der Waals surface area (Å²) in [6.07, 6.45) is 8.17. The highest BCUT2D eigenvalue weighted by Crippen LogP contribution is 2.46. The molecule has 0 saturated carbocycles. The van der Waals surface area contributed by atoms with Crippen molar-refractivity contribution in [2.24, 2.45) is 5.92 Å². The molecule has 0 spiro atoms. The molecule has 0 heterocycles. The molecule has 0 aromatic heterocycles. The summed E-state index contributed by atoms with van der Waals surface area (Å²) in [5, 5.41) is 0. The number of benzene rings is 8. The fourth-order valence-corrected chi connectivity index (χ4v) is 10.3. The van der Waals surface area contributed by atoms with Gasteiger partial charge in [-0.25, -0.2) is 0 Å². The second-order valence-electron chi connectivity index (χ2n) is 20.5. The van der Waals surface area contributed by atoms with Gasteiger partial charge in [0.25, 0.3) is 0 Å². The van der Waals surface area contributed by atoms with Crippen molar-refractivity contribution < 1.29 is 0 Å². The second kappa shape index (κ2) is 21.8. The fourth-order valence-electron chi connectivity index (χ4n) is 10.3. The molecule has 8 aromatic carbocycles. The predicted molar refractivity (Wildman–Crippen MR) is 299 cm³/mol. The Bertz CT molecular complexity index is 2870. The summed E-state index contributed by atoms with van der Waals surface area (Å²) >= 11 is 0. The second-order valence-corrected chi connectivity index (χ2v) is 20.5. The molecule has 0 aliphatic heterocycles. The largest absolute Gasteiger partial charge is 0.345 e. The first kappa shape index (κ1) is 48.8. The molecule has 8 aromatic rings. The van der Waals surface area contributed by atoms with E-state index in [0.717, 1.165) is 19.3 Å². The molecule has 0 aliphatic rings. The van der Waals surface area contributed by atoms with E-state index in [9.17, 15) is 0 Å². The Hall–Kier alpha value is -6.64. The Morgan fingerprint density at radius 1 is 0.406 bits per heavy atom.